The number of hydrogen-bond donors (Lipinski definition) is 0. The molecule has 162 valence electrons. The summed E-state index contributed by atoms with van der Waals surface area (Å²) in [6.07, 6.45) is 5.15. The molecule has 0 N–H and O–H groups in total. The number of rotatable bonds is 5. The number of benzene rings is 2. The maximum absolute atomic E-state index is 13.0. The number of carbonyl (C=O) groups is 1. The van der Waals surface area contributed by atoms with Gasteiger partial charge >= 0.3 is 0 Å². The molecule has 5 nitrogen and oxygen atoms in total. The molecule has 1 fully saturated rings. The minimum Gasteiger partial charge on any atom is -0.497 e. The molecular weight excluding hydrogens is 412 g/mol. The Labute approximate surface area is 188 Å². The van der Waals surface area contributed by atoms with Gasteiger partial charge in [-0.05, 0) is 73.2 Å². The summed E-state index contributed by atoms with van der Waals surface area (Å²) in [5, 5.41) is 5.80. The standard InChI is InChI=1S/C25H27ClN2O3/c1-16(26)25(29)28-24(18-9-13-21(31-3)14-10-18)22-6-4-5-19(23(22)27-28)15-17-7-11-20(30-2)12-8-17/h7-16,22,24H,4-6H2,1-3H3/b19-15-. The Bertz CT molecular complexity index is 996. The number of ether oxygens (including phenoxy) is 2. The molecule has 0 bridgehead atoms. The molecule has 1 heterocycles. The fourth-order valence-electron chi connectivity index (χ4n) is 4.40. The molecule has 2 aromatic carbocycles. The number of alkyl halides is 1. The van der Waals surface area contributed by atoms with Crippen LogP contribution in [0.2, 0.25) is 0 Å². The van der Waals surface area contributed by atoms with Crippen LogP contribution in [-0.4, -0.2) is 36.2 Å². The molecule has 6 heteroatoms. The molecule has 1 saturated carbocycles. The molecule has 3 unspecified atom stereocenters. The van der Waals surface area contributed by atoms with Crippen molar-refractivity contribution >= 4 is 29.3 Å². The van der Waals surface area contributed by atoms with Crippen molar-refractivity contribution in [1.29, 1.82) is 0 Å². The van der Waals surface area contributed by atoms with E-state index in [1.54, 1.807) is 26.2 Å². The molecule has 2 aromatic rings. The molecule has 1 amide bonds. The van der Waals surface area contributed by atoms with Gasteiger partial charge in [0.25, 0.3) is 5.91 Å². The third kappa shape index (κ3) is 4.33. The summed E-state index contributed by atoms with van der Waals surface area (Å²) in [4.78, 5) is 13.0. The molecule has 0 spiro atoms. The Morgan fingerprint density at radius 3 is 2.29 bits per heavy atom. The van der Waals surface area contributed by atoms with Gasteiger partial charge in [0.2, 0.25) is 0 Å². The molecule has 4 rings (SSSR count). The van der Waals surface area contributed by atoms with Crippen molar-refractivity contribution in [3.05, 3.63) is 65.2 Å². The van der Waals surface area contributed by atoms with Gasteiger partial charge in [-0.3, -0.25) is 4.79 Å². The van der Waals surface area contributed by atoms with E-state index in [9.17, 15) is 4.79 Å². The van der Waals surface area contributed by atoms with Gasteiger partial charge in [-0.25, -0.2) is 5.01 Å². The van der Waals surface area contributed by atoms with Crippen LogP contribution in [0.5, 0.6) is 11.5 Å². The first-order valence-corrected chi connectivity index (χ1v) is 11.0. The Balaban J connectivity index is 1.71. The fourth-order valence-corrected chi connectivity index (χ4v) is 4.50. The Kier molecular flexibility index (Phi) is 6.33. The van der Waals surface area contributed by atoms with E-state index in [0.29, 0.717) is 0 Å². The number of amides is 1. The predicted molar refractivity (Wildman–Crippen MR) is 124 cm³/mol. The van der Waals surface area contributed by atoms with E-state index in [1.165, 1.54) is 5.57 Å². The van der Waals surface area contributed by atoms with Crippen LogP contribution >= 0.6 is 11.6 Å². The highest BCUT2D eigenvalue weighted by atomic mass is 35.5. The van der Waals surface area contributed by atoms with Crippen molar-refractivity contribution in [3.63, 3.8) is 0 Å². The van der Waals surface area contributed by atoms with Crippen LogP contribution in [0.1, 0.15) is 43.4 Å². The van der Waals surface area contributed by atoms with Crippen LogP contribution in [0.3, 0.4) is 0 Å². The molecule has 1 aliphatic heterocycles. The van der Waals surface area contributed by atoms with Crippen LogP contribution in [0, 0.1) is 5.92 Å². The van der Waals surface area contributed by atoms with Crippen molar-refractivity contribution < 1.29 is 14.3 Å². The summed E-state index contributed by atoms with van der Waals surface area (Å²) in [5.41, 5.74) is 4.31. The Hall–Kier alpha value is -2.79. The molecule has 0 saturated heterocycles. The van der Waals surface area contributed by atoms with Gasteiger partial charge < -0.3 is 9.47 Å². The lowest BCUT2D eigenvalue weighted by atomic mass is 9.77. The fraction of sp³-hybridized carbons (Fsp3) is 0.360. The van der Waals surface area contributed by atoms with Gasteiger partial charge in [-0.15, -0.1) is 11.6 Å². The number of hydrogen-bond acceptors (Lipinski definition) is 4. The smallest absolute Gasteiger partial charge is 0.261 e. The number of allylic oxidation sites excluding steroid dienone is 1. The quantitative estimate of drug-likeness (QED) is 0.583. The average Bonchev–Trinajstić information content (AvgIpc) is 3.19. The lowest BCUT2D eigenvalue weighted by Gasteiger charge is -2.30. The van der Waals surface area contributed by atoms with E-state index in [0.717, 1.165) is 47.6 Å². The van der Waals surface area contributed by atoms with Crippen LogP contribution < -0.4 is 9.47 Å². The highest BCUT2D eigenvalue weighted by molar-refractivity contribution is 6.30. The third-order valence-corrected chi connectivity index (χ3v) is 6.17. The molecule has 0 radical (unpaired) electrons. The average molecular weight is 439 g/mol. The van der Waals surface area contributed by atoms with E-state index < -0.39 is 5.38 Å². The topological polar surface area (TPSA) is 51.1 Å². The second kappa shape index (κ2) is 9.15. The third-order valence-electron chi connectivity index (χ3n) is 5.98. The Morgan fingerprint density at radius 1 is 1.10 bits per heavy atom. The predicted octanol–water partition coefficient (Wildman–Crippen LogP) is 5.45. The summed E-state index contributed by atoms with van der Waals surface area (Å²) in [5.74, 6) is 1.59. The second-order valence-electron chi connectivity index (χ2n) is 7.94. The van der Waals surface area contributed by atoms with Crippen LogP contribution in [-0.2, 0) is 4.79 Å². The van der Waals surface area contributed by atoms with Gasteiger partial charge in [0.15, 0.2) is 0 Å². The van der Waals surface area contributed by atoms with E-state index in [1.807, 2.05) is 48.5 Å². The number of carbonyl (C=O) groups excluding carboxylic acids is 1. The number of hydrazone groups is 1. The first-order chi connectivity index (χ1) is 15.0. The minimum atomic E-state index is -0.640. The van der Waals surface area contributed by atoms with Gasteiger partial charge in [0, 0.05) is 5.92 Å². The van der Waals surface area contributed by atoms with Crippen molar-refractivity contribution in [1.82, 2.24) is 5.01 Å². The number of fused-ring (bicyclic) bond motifs is 1. The number of halogens is 1. The van der Waals surface area contributed by atoms with E-state index in [4.69, 9.17) is 26.2 Å². The molecule has 31 heavy (non-hydrogen) atoms. The van der Waals surface area contributed by atoms with Crippen LogP contribution in [0.15, 0.2) is 59.2 Å². The zero-order valence-electron chi connectivity index (χ0n) is 18.0. The number of methoxy groups -OCH3 is 2. The minimum absolute atomic E-state index is 0.144. The zero-order chi connectivity index (χ0) is 22.0. The van der Waals surface area contributed by atoms with Gasteiger partial charge in [0.05, 0.1) is 26.0 Å². The summed E-state index contributed by atoms with van der Waals surface area (Å²) in [6.45, 7) is 1.70. The molecule has 1 aliphatic carbocycles. The normalized spacial score (nSPS) is 22.6. The van der Waals surface area contributed by atoms with Crippen LogP contribution in [0.25, 0.3) is 6.08 Å². The summed E-state index contributed by atoms with van der Waals surface area (Å²) in [6, 6.07) is 15.7. The maximum Gasteiger partial charge on any atom is 0.261 e. The molecule has 2 aliphatic rings. The molecule has 0 aromatic heterocycles. The highest BCUT2D eigenvalue weighted by Gasteiger charge is 2.44. The first-order valence-electron chi connectivity index (χ1n) is 10.6. The highest BCUT2D eigenvalue weighted by Crippen LogP contribution is 2.45. The lowest BCUT2D eigenvalue weighted by molar-refractivity contribution is -0.132. The summed E-state index contributed by atoms with van der Waals surface area (Å²) in [7, 11) is 3.31. The molecular formula is C25H27ClN2O3. The Morgan fingerprint density at radius 2 is 1.71 bits per heavy atom. The monoisotopic (exact) mass is 438 g/mol. The number of nitrogens with zero attached hydrogens (tertiary/aromatic N) is 2. The second-order valence-corrected chi connectivity index (χ2v) is 8.60. The maximum atomic E-state index is 13.0. The van der Waals surface area contributed by atoms with Crippen LogP contribution in [0.4, 0.5) is 0 Å². The van der Waals surface area contributed by atoms with Gasteiger partial charge in [0.1, 0.15) is 16.9 Å². The molecule has 3 atom stereocenters. The van der Waals surface area contributed by atoms with Gasteiger partial charge in [-0.2, -0.15) is 5.10 Å². The van der Waals surface area contributed by atoms with Crippen molar-refractivity contribution in [3.8, 4) is 11.5 Å². The largest absolute Gasteiger partial charge is 0.497 e. The van der Waals surface area contributed by atoms with Crippen molar-refractivity contribution in [2.75, 3.05) is 14.2 Å². The van der Waals surface area contributed by atoms with E-state index >= 15 is 0 Å². The van der Waals surface area contributed by atoms with Gasteiger partial charge in [-0.1, -0.05) is 24.3 Å². The zero-order valence-corrected chi connectivity index (χ0v) is 18.8. The first kappa shape index (κ1) is 21.4. The summed E-state index contributed by atoms with van der Waals surface area (Å²) < 4.78 is 10.6. The lowest BCUT2D eigenvalue weighted by Crippen LogP contribution is -2.35. The van der Waals surface area contributed by atoms with Crippen molar-refractivity contribution in [2.24, 2.45) is 11.0 Å². The van der Waals surface area contributed by atoms with E-state index in [2.05, 4.69) is 6.08 Å². The summed E-state index contributed by atoms with van der Waals surface area (Å²) >= 11 is 6.19. The van der Waals surface area contributed by atoms with Crippen molar-refractivity contribution in [2.45, 2.75) is 37.6 Å². The SMILES string of the molecule is COc1ccc(/C=C2/CCCC3C2=NN(C(=O)C(C)Cl)C3c2ccc(OC)cc2)cc1. The van der Waals surface area contributed by atoms with E-state index in [-0.39, 0.29) is 17.9 Å².